The normalized spacial score (nSPS) is 28.6. The van der Waals surface area contributed by atoms with Crippen LogP contribution in [0.15, 0.2) is 5.16 Å². The van der Waals surface area contributed by atoms with E-state index in [1.165, 1.54) is 7.11 Å². The van der Waals surface area contributed by atoms with Gasteiger partial charge < -0.3 is 9.94 Å². The van der Waals surface area contributed by atoms with Gasteiger partial charge in [-0.25, -0.2) is 0 Å². The SMILES string of the molecule is COC(=O)C1CCC(/C(C)=N/O)CC1. The fourth-order valence-electron chi connectivity index (χ4n) is 2.00. The summed E-state index contributed by atoms with van der Waals surface area (Å²) in [5.41, 5.74) is 0.772. The van der Waals surface area contributed by atoms with Crippen molar-refractivity contribution in [2.75, 3.05) is 7.11 Å². The van der Waals surface area contributed by atoms with Gasteiger partial charge in [-0.3, -0.25) is 4.79 Å². The van der Waals surface area contributed by atoms with E-state index in [9.17, 15) is 4.79 Å². The molecule has 0 aromatic carbocycles. The van der Waals surface area contributed by atoms with Crippen LogP contribution in [0.4, 0.5) is 0 Å². The number of rotatable bonds is 2. The third-order valence-electron chi connectivity index (χ3n) is 3.01. The molecule has 0 unspecified atom stereocenters. The Hall–Kier alpha value is -1.06. The molecule has 0 aliphatic heterocycles. The average molecular weight is 199 g/mol. The van der Waals surface area contributed by atoms with E-state index in [0.29, 0.717) is 5.92 Å². The summed E-state index contributed by atoms with van der Waals surface area (Å²) in [5.74, 6) is 0.269. The first-order valence-corrected chi connectivity index (χ1v) is 4.95. The molecule has 1 N–H and O–H groups in total. The van der Waals surface area contributed by atoms with Crippen molar-refractivity contribution in [3.05, 3.63) is 0 Å². The molecule has 0 aromatic heterocycles. The molecular formula is C10H17NO3. The van der Waals surface area contributed by atoms with Crippen molar-refractivity contribution >= 4 is 11.7 Å². The predicted molar refractivity (Wildman–Crippen MR) is 52.4 cm³/mol. The number of esters is 1. The second-order valence-corrected chi connectivity index (χ2v) is 3.81. The topological polar surface area (TPSA) is 58.9 Å². The highest BCUT2D eigenvalue weighted by Gasteiger charge is 2.28. The summed E-state index contributed by atoms with van der Waals surface area (Å²) in [4.78, 5) is 11.2. The largest absolute Gasteiger partial charge is 0.469 e. The third-order valence-corrected chi connectivity index (χ3v) is 3.01. The first-order valence-electron chi connectivity index (χ1n) is 4.95. The fraction of sp³-hybridized carbons (Fsp3) is 0.800. The van der Waals surface area contributed by atoms with E-state index in [0.717, 1.165) is 31.4 Å². The molecule has 14 heavy (non-hydrogen) atoms. The van der Waals surface area contributed by atoms with Crippen LogP contribution in [0.2, 0.25) is 0 Å². The molecule has 0 saturated heterocycles. The number of ether oxygens (including phenoxy) is 1. The fourth-order valence-corrected chi connectivity index (χ4v) is 2.00. The van der Waals surface area contributed by atoms with Gasteiger partial charge in [-0.2, -0.15) is 0 Å². The Morgan fingerprint density at radius 1 is 1.29 bits per heavy atom. The highest BCUT2D eigenvalue weighted by atomic mass is 16.5. The van der Waals surface area contributed by atoms with Gasteiger partial charge in [0.25, 0.3) is 0 Å². The lowest BCUT2D eigenvalue weighted by Crippen LogP contribution is -2.25. The number of nitrogens with zero attached hydrogens (tertiary/aromatic N) is 1. The minimum absolute atomic E-state index is 0.0442. The lowest BCUT2D eigenvalue weighted by atomic mass is 9.80. The summed E-state index contributed by atoms with van der Waals surface area (Å²) in [6.07, 6.45) is 3.50. The zero-order valence-corrected chi connectivity index (χ0v) is 8.69. The van der Waals surface area contributed by atoms with Crippen LogP contribution in [0.3, 0.4) is 0 Å². The minimum Gasteiger partial charge on any atom is -0.469 e. The maximum Gasteiger partial charge on any atom is 0.308 e. The molecule has 1 fully saturated rings. The van der Waals surface area contributed by atoms with E-state index in [1.54, 1.807) is 0 Å². The molecule has 0 aromatic rings. The van der Waals surface area contributed by atoms with Crippen LogP contribution in [0.25, 0.3) is 0 Å². The Labute approximate surface area is 83.9 Å². The van der Waals surface area contributed by atoms with Crippen molar-refractivity contribution in [3.63, 3.8) is 0 Å². The number of oxime groups is 1. The zero-order chi connectivity index (χ0) is 10.6. The van der Waals surface area contributed by atoms with Crippen molar-refractivity contribution in [1.82, 2.24) is 0 Å². The Bertz CT molecular complexity index is 230. The van der Waals surface area contributed by atoms with Gasteiger partial charge in [-0.15, -0.1) is 0 Å². The summed E-state index contributed by atoms with van der Waals surface area (Å²) in [7, 11) is 1.43. The van der Waals surface area contributed by atoms with Crippen molar-refractivity contribution < 1.29 is 14.7 Å². The monoisotopic (exact) mass is 199 g/mol. The first kappa shape index (κ1) is 11.0. The van der Waals surface area contributed by atoms with E-state index in [2.05, 4.69) is 5.16 Å². The van der Waals surface area contributed by atoms with Crippen LogP contribution in [0, 0.1) is 11.8 Å². The van der Waals surface area contributed by atoms with Crippen LogP contribution in [0.1, 0.15) is 32.6 Å². The second kappa shape index (κ2) is 4.98. The Balaban J connectivity index is 2.42. The molecule has 4 heteroatoms. The summed E-state index contributed by atoms with van der Waals surface area (Å²) in [6, 6.07) is 0. The highest BCUT2D eigenvalue weighted by molar-refractivity contribution is 5.84. The minimum atomic E-state index is -0.109. The van der Waals surface area contributed by atoms with Gasteiger partial charge in [0.05, 0.1) is 18.7 Å². The highest BCUT2D eigenvalue weighted by Crippen LogP contribution is 2.30. The van der Waals surface area contributed by atoms with Gasteiger partial charge in [-0.05, 0) is 32.6 Å². The quantitative estimate of drug-likeness (QED) is 0.319. The predicted octanol–water partition coefficient (Wildman–Crippen LogP) is 1.82. The van der Waals surface area contributed by atoms with Crippen LogP contribution in [-0.2, 0) is 9.53 Å². The Morgan fingerprint density at radius 2 is 1.79 bits per heavy atom. The average Bonchev–Trinajstić information content (AvgIpc) is 2.27. The van der Waals surface area contributed by atoms with E-state index < -0.39 is 0 Å². The lowest BCUT2D eigenvalue weighted by Gasteiger charge is -2.26. The molecule has 80 valence electrons. The first-order chi connectivity index (χ1) is 6.69. The molecular weight excluding hydrogens is 182 g/mol. The van der Waals surface area contributed by atoms with E-state index in [4.69, 9.17) is 9.94 Å². The molecule has 0 atom stereocenters. The maximum atomic E-state index is 11.2. The number of hydrogen-bond acceptors (Lipinski definition) is 4. The van der Waals surface area contributed by atoms with Crippen LogP contribution in [-0.4, -0.2) is 24.0 Å². The number of hydrogen-bond donors (Lipinski definition) is 1. The molecule has 0 bridgehead atoms. The summed E-state index contributed by atoms with van der Waals surface area (Å²) < 4.78 is 4.69. The van der Waals surface area contributed by atoms with Crippen molar-refractivity contribution in [3.8, 4) is 0 Å². The van der Waals surface area contributed by atoms with Crippen LogP contribution >= 0.6 is 0 Å². The molecule has 0 heterocycles. The Kier molecular flexibility index (Phi) is 3.92. The van der Waals surface area contributed by atoms with Crippen molar-refractivity contribution in [1.29, 1.82) is 0 Å². The summed E-state index contributed by atoms with van der Waals surface area (Å²) in [6.45, 7) is 1.82. The smallest absolute Gasteiger partial charge is 0.308 e. The number of carbonyl (C=O) groups excluding carboxylic acids is 1. The van der Waals surface area contributed by atoms with E-state index >= 15 is 0 Å². The molecule has 4 nitrogen and oxygen atoms in total. The van der Waals surface area contributed by atoms with Gasteiger partial charge in [0.2, 0.25) is 0 Å². The molecule has 0 radical (unpaired) electrons. The molecule has 1 aliphatic rings. The molecule has 0 amide bonds. The standard InChI is InChI=1S/C10H17NO3/c1-7(11-13)8-3-5-9(6-4-8)10(12)14-2/h8-9,13H,3-6H2,1-2H3/b11-7+. The van der Waals surface area contributed by atoms with E-state index in [-0.39, 0.29) is 11.9 Å². The van der Waals surface area contributed by atoms with Gasteiger partial charge in [0.15, 0.2) is 0 Å². The van der Waals surface area contributed by atoms with Gasteiger partial charge >= 0.3 is 5.97 Å². The summed E-state index contributed by atoms with van der Waals surface area (Å²) >= 11 is 0. The Morgan fingerprint density at radius 3 is 2.21 bits per heavy atom. The lowest BCUT2D eigenvalue weighted by molar-refractivity contribution is -0.146. The van der Waals surface area contributed by atoms with Gasteiger partial charge in [0.1, 0.15) is 0 Å². The maximum absolute atomic E-state index is 11.2. The van der Waals surface area contributed by atoms with Gasteiger partial charge in [0, 0.05) is 5.92 Å². The van der Waals surface area contributed by atoms with Gasteiger partial charge in [-0.1, -0.05) is 5.16 Å². The number of carbonyl (C=O) groups is 1. The molecule has 1 aliphatic carbocycles. The molecule has 1 rings (SSSR count). The van der Waals surface area contributed by atoms with Crippen molar-refractivity contribution in [2.24, 2.45) is 17.0 Å². The van der Waals surface area contributed by atoms with Crippen molar-refractivity contribution in [2.45, 2.75) is 32.6 Å². The third kappa shape index (κ3) is 2.47. The molecule has 0 spiro atoms. The zero-order valence-electron chi connectivity index (χ0n) is 8.69. The second-order valence-electron chi connectivity index (χ2n) is 3.81. The van der Waals surface area contributed by atoms with Crippen LogP contribution < -0.4 is 0 Å². The summed E-state index contributed by atoms with van der Waals surface area (Å²) in [5, 5.41) is 11.8. The number of methoxy groups -OCH3 is 1. The van der Waals surface area contributed by atoms with Crippen LogP contribution in [0.5, 0.6) is 0 Å². The van der Waals surface area contributed by atoms with E-state index in [1.807, 2.05) is 6.92 Å². The molecule has 1 saturated carbocycles.